The second-order valence-corrected chi connectivity index (χ2v) is 6.86. The van der Waals surface area contributed by atoms with Gasteiger partial charge in [0, 0.05) is 24.1 Å². The number of hydrogen-bond donors (Lipinski definition) is 2. The van der Waals surface area contributed by atoms with Crippen LogP contribution in [0.5, 0.6) is 5.88 Å². The summed E-state index contributed by atoms with van der Waals surface area (Å²) < 4.78 is 7.09. The highest BCUT2D eigenvalue weighted by Gasteiger charge is 2.30. The number of anilines is 3. The van der Waals surface area contributed by atoms with Crippen molar-refractivity contribution in [3.8, 4) is 5.88 Å². The molecule has 0 spiro atoms. The van der Waals surface area contributed by atoms with Crippen molar-refractivity contribution < 1.29 is 4.74 Å². The first-order valence-corrected chi connectivity index (χ1v) is 9.52. The highest BCUT2D eigenvalue weighted by Crippen LogP contribution is 2.39. The molecular weight excluding hydrogens is 342 g/mol. The van der Waals surface area contributed by atoms with Crippen LogP contribution in [0.2, 0.25) is 0 Å². The molecule has 3 aromatic heterocycles. The van der Waals surface area contributed by atoms with Gasteiger partial charge in [-0.2, -0.15) is 9.50 Å². The minimum Gasteiger partial charge on any atom is -0.481 e. The van der Waals surface area contributed by atoms with Gasteiger partial charge in [-0.1, -0.05) is 19.9 Å². The van der Waals surface area contributed by atoms with Crippen LogP contribution < -0.4 is 15.4 Å². The number of aromatic nitrogens is 5. The molecule has 1 fully saturated rings. The summed E-state index contributed by atoms with van der Waals surface area (Å²) in [6.45, 7) is 4.35. The van der Waals surface area contributed by atoms with Gasteiger partial charge in [0.25, 0.3) is 0 Å². The molecule has 3 aromatic rings. The zero-order valence-corrected chi connectivity index (χ0v) is 15.9. The van der Waals surface area contributed by atoms with Crippen molar-refractivity contribution in [3.05, 3.63) is 30.1 Å². The molecule has 0 aromatic carbocycles. The molecule has 1 aliphatic rings. The summed E-state index contributed by atoms with van der Waals surface area (Å²) in [6, 6.07) is 7.95. The molecule has 0 aliphatic heterocycles. The van der Waals surface area contributed by atoms with Gasteiger partial charge in [0.15, 0.2) is 5.82 Å². The van der Waals surface area contributed by atoms with E-state index in [0.29, 0.717) is 29.3 Å². The molecule has 142 valence electrons. The fraction of sp³-hybridized carbons (Fsp3) is 0.474. The van der Waals surface area contributed by atoms with Gasteiger partial charge in [-0.05, 0) is 31.7 Å². The lowest BCUT2D eigenvalue weighted by molar-refractivity contribution is 0.398. The van der Waals surface area contributed by atoms with E-state index in [2.05, 4.69) is 39.7 Å². The van der Waals surface area contributed by atoms with Crippen molar-refractivity contribution in [2.24, 2.45) is 0 Å². The van der Waals surface area contributed by atoms with E-state index in [-0.39, 0.29) is 0 Å². The summed E-state index contributed by atoms with van der Waals surface area (Å²) in [7, 11) is 1.61. The average Bonchev–Trinajstić information content (AvgIpc) is 3.45. The zero-order chi connectivity index (χ0) is 18.8. The molecule has 8 heteroatoms. The summed E-state index contributed by atoms with van der Waals surface area (Å²) in [5.41, 5.74) is 1.52. The fourth-order valence-corrected chi connectivity index (χ4v) is 3.09. The SMILES string of the molecule is CCC(CC)Nc1cc(Nc2cccc(OC)n2)c2nnc(C3CC3)n2n1. The monoisotopic (exact) mass is 367 g/mol. The Kier molecular flexibility index (Phi) is 4.79. The molecule has 4 rings (SSSR count). The van der Waals surface area contributed by atoms with Crippen LogP contribution in [0, 0.1) is 0 Å². The van der Waals surface area contributed by atoms with Crippen LogP contribution in [0.3, 0.4) is 0 Å². The molecule has 1 saturated carbocycles. The molecule has 27 heavy (non-hydrogen) atoms. The van der Waals surface area contributed by atoms with E-state index >= 15 is 0 Å². The largest absolute Gasteiger partial charge is 0.481 e. The van der Waals surface area contributed by atoms with Gasteiger partial charge >= 0.3 is 0 Å². The van der Waals surface area contributed by atoms with Gasteiger partial charge in [0.2, 0.25) is 11.5 Å². The first kappa shape index (κ1) is 17.5. The average molecular weight is 367 g/mol. The van der Waals surface area contributed by atoms with E-state index in [9.17, 15) is 0 Å². The smallest absolute Gasteiger partial charge is 0.214 e. The van der Waals surface area contributed by atoms with Crippen molar-refractivity contribution in [1.82, 2.24) is 24.8 Å². The highest BCUT2D eigenvalue weighted by molar-refractivity contribution is 5.74. The Bertz CT molecular complexity index is 931. The standard InChI is InChI=1S/C19H25N7O/c1-4-13(5-2)20-16-11-14(21-15-7-6-8-17(22-15)27-3)19-24-23-18(12-9-10-12)26(19)25-16/h6-8,11-13H,4-5,9-10H2,1-3H3,(H,20,25)(H,21,22). The number of nitrogens with zero attached hydrogens (tertiary/aromatic N) is 5. The molecule has 0 atom stereocenters. The van der Waals surface area contributed by atoms with E-state index in [4.69, 9.17) is 9.84 Å². The molecule has 0 unspecified atom stereocenters. The fourth-order valence-electron chi connectivity index (χ4n) is 3.09. The van der Waals surface area contributed by atoms with Crippen molar-refractivity contribution in [2.75, 3.05) is 17.7 Å². The van der Waals surface area contributed by atoms with Gasteiger partial charge in [-0.3, -0.25) is 0 Å². The maximum absolute atomic E-state index is 5.22. The Morgan fingerprint density at radius 2 is 2.00 bits per heavy atom. The third-order valence-corrected chi connectivity index (χ3v) is 4.87. The van der Waals surface area contributed by atoms with Crippen LogP contribution in [0.15, 0.2) is 24.3 Å². The summed E-state index contributed by atoms with van der Waals surface area (Å²) in [6.07, 6.45) is 4.36. The molecule has 3 heterocycles. The number of nitrogens with one attached hydrogen (secondary N) is 2. The summed E-state index contributed by atoms with van der Waals surface area (Å²) in [5.74, 6) is 3.44. The number of pyridine rings is 1. The lowest BCUT2D eigenvalue weighted by Gasteiger charge is -2.17. The predicted molar refractivity (Wildman–Crippen MR) is 105 cm³/mol. The van der Waals surface area contributed by atoms with Crippen molar-refractivity contribution >= 4 is 23.0 Å². The van der Waals surface area contributed by atoms with E-state index in [1.165, 1.54) is 0 Å². The van der Waals surface area contributed by atoms with E-state index < -0.39 is 0 Å². The van der Waals surface area contributed by atoms with Gasteiger partial charge in [-0.25, -0.2) is 0 Å². The first-order chi connectivity index (χ1) is 13.2. The lowest BCUT2D eigenvalue weighted by atomic mass is 10.2. The number of methoxy groups -OCH3 is 1. The predicted octanol–water partition coefficient (Wildman–Crippen LogP) is 3.75. The maximum Gasteiger partial charge on any atom is 0.214 e. The Labute approximate surface area is 158 Å². The number of rotatable bonds is 8. The van der Waals surface area contributed by atoms with Crippen LogP contribution in [-0.2, 0) is 0 Å². The van der Waals surface area contributed by atoms with Crippen LogP contribution in [-0.4, -0.2) is 37.9 Å². The Morgan fingerprint density at radius 3 is 2.70 bits per heavy atom. The molecule has 0 saturated heterocycles. The normalized spacial score (nSPS) is 13.9. The third kappa shape index (κ3) is 3.65. The Hall–Kier alpha value is -2.90. The third-order valence-electron chi connectivity index (χ3n) is 4.87. The second kappa shape index (κ2) is 7.38. The van der Waals surface area contributed by atoms with E-state index in [0.717, 1.165) is 43.0 Å². The maximum atomic E-state index is 5.22. The first-order valence-electron chi connectivity index (χ1n) is 9.52. The van der Waals surface area contributed by atoms with Crippen LogP contribution >= 0.6 is 0 Å². The van der Waals surface area contributed by atoms with Crippen molar-refractivity contribution in [2.45, 2.75) is 51.5 Å². The lowest BCUT2D eigenvalue weighted by Crippen LogP contribution is -2.19. The molecule has 2 N–H and O–H groups in total. The quantitative estimate of drug-likeness (QED) is 0.627. The van der Waals surface area contributed by atoms with Gasteiger partial charge in [-0.15, -0.1) is 15.3 Å². The number of fused-ring (bicyclic) bond motifs is 1. The van der Waals surface area contributed by atoms with Gasteiger partial charge in [0.05, 0.1) is 12.8 Å². The molecule has 8 nitrogen and oxygen atoms in total. The Balaban J connectivity index is 1.74. The van der Waals surface area contributed by atoms with Crippen LogP contribution in [0.4, 0.5) is 17.3 Å². The highest BCUT2D eigenvalue weighted by atomic mass is 16.5. The minimum atomic E-state index is 0.374. The van der Waals surface area contributed by atoms with E-state index in [1.54, 1.807) is 7.11 Å². The molecule has 1 aliphatic carbocycles. The van der Waals surface area contributed by atoms with E-state index in [1.807, 2.05) is 28.8 Å². The van der Waals surface area contributed by atoms with Gasteiger partial charge < -0.3 is 15.4 Å². The number of ether oxygens (including phenoxy) is 1. The van der Waals surface area contributed by atoms with Crippen LogP contribution in [0.25, 0.3) is 5.65 Å². The molecule has 0 bridgehead atoms. The van der Waals surface area contributed by atoms with Gasteiger partial charge in [0.1, 0.15) is 11.6 Å². The molecule has 0 radical (unpaired) electrons. The molecular formula is C19H25N7O. The summed E-state index contributed by atoms with van der Waals surface area (Å²) in [4.78, 5) is 4.44. The zero-order valence-electron chi connectivity index (χ0n) is 15.9. The van der Waals surface area contributed by atoms with Crippen molar-refractivity contribution in [1.29, 1.82) is 0 Å². The summed E-state index contributed by atoms with van der Waals surface area (Å²) >= 11 is 0. The number of hydrogen-bond acceptors (Lipinski definition) is 7. The molecule has 0 amide bonds. The summed E-state index contributed by atoms with van der Waals surface area (Å²) in [5, 5.41) is 20.4. The second-order valence-electron chi connectivity index (χ2n) is 6.86. The van der Waals surface area contributed by atoms with Crippen molar-refractivity contribution in [3.63, 3.8) is 0 Å². The Morgan fingerprint density at radius 1 is 1.19 bits per heavy atom. The van der Waals surface area contributed by atoms with Crippen LogP contribution in [0.1, 0.15) is 51.3 Å². The minimum absolute atomic E-state index is 0.374. The topological polar surface area (TPSA) is 89.3 Å².